The number of carbonyl (C=O) groups is 2. The first kappa shape index (κ1) is 31.8. The second kappa shape index (κ2) is 12.7. The minimum atomic E-state index is -0.554. The highest BCUT2D eigenvalue weighted by Crippen LogP contribution is 2.53. The van der Waals surface area contributed by atoms with Gasteiger partial charge in [0, 0.05) is 23.2 Å². The molecule has 1 saturated carbocycles. The van der Waals surface area contributed by atoms with Gasteiger partial charge in [0.15, 0.2) is 0 Å². The monoisotopic (exact) mass is 648 g/mol. The van der Waals surface area contributed by atoms with Gasteiger partial charge in [-0.05, 0) is 101 Å². The molecule has 3 aliphatic rings. The van der Waals surface area contributed by atoms with Gasteiger partial charge in [0.05, 0.1) is 36.8 Å². The molecule has 3 unspecified atom stereocenters. The largest absolute Gasteiger partial charge is 0.449 e. The van der Waals surface area contributed by atoms with Crippen LogP contribution >= 0.6 is 0 Å². The molecule has 2 aliphatic heterocycles. The Kier molecular flexibility index (Phi) is 8.40. The lowest BCUT2D eigenvalue weighted by Gasteiger charge is -2.30. The summed E-state index contributed by atoms with van der Waals surface area (Å²) in [5.74, 6) is 8.57. The summed E-state index contributed by atoms with van der Waals surface area (Å²) >= 11 is 0. The summed E-state index contributed by atoms with van der Waals surface area (Å²) in [7, 11) is 0. The molecule has 1 aliphatic carbocycles. The van der Waals surface area contributed by atoms with Gasteiger partial charge in [0.1, 0.15) is 22.9 Å². The number of hydrogen-bond donors (Lipinski definition) is 2. The minimum absolute atomic E-state index is 0.0840. The number of likely N-dealkylation sites (tertiary alicyclic amines) is 2. The lowest BCUT2D eigenvalue weighted by molar-refractivity contribution is 0.0151. The second-order valence-electron chi connectivity index (χ2n) is 14.4. The average molecular weight is 649 g/mol. The summed E-state index contributed by atoms with van der Waals surface area (Å²) in [6.07, 6.45) is 8.61. The Balaban J connectivity index is 1.03. The number of aromatic amines is 2. The molecular formula is C38H44N6O4. The number of hydrogen-bond acceptors (Lipinski definition) is 6. The molecule has 2 saturated heterocycles. The highest BCUT2D eigenvalue weighted by atomic mass is 16.6. The number of fused-ring (bicyclic) bond motifs is 2. The summed E-state index contributed by atoms with van der Waals surface area (Å²) < 4.78 is 11.2. The van der Waals surface area contributed by atoms with E-state index in [0.29, 0.717) is 12.5 Å². The van der Waals surface area contributed by atoms with Gasteiger partial charge < -0.3 is 19.4 Å². The van der Waals surface area contributed by atoms with E-state index in [-0.39, 0.29) is 36.4 Å². The van der Waals surface area contributed by atoms with Gasteiger partial charge in [-0.3, -0.25) is 9.80 Å². The molecule has 0 radical (unpaired) electrons. The Morgan fingerprint density at radius 1 is 0.917 bits per heavy atom. The molecule has 10 heteroatoms. The Morgan fingerprint density at radius 3 is 2.50 bits per heavy atom. The molecule has 48 heavy (non-hydrogen) atoms. The molecular weight excluding hydrogens is 604 g/mol. The Bertz CT molecular complexity index is 1890. The molecule has 0 bridgehead atoms. The van der Waals surface area contributed by atoms with Crippen molar-refractivity contribution in [2.45, 2.75) is 103 Å². The third-order valence-electron chi connectivity index (χ3n) is 9.63. The predicted molar refractivity (Wildman–Crippen MR) is 183 cm³/mol. The number of benzene rings is 2. The van der Waals surface area contributed by atoms with E-state index in [9.17, 15) is 9.59 Å². The zero-order valence-corrected chi connectivity index (χ0v) is 28.4. The number of rotatable bonds is 6. The number of imidazole rings is 2. The van der Waals surface area contributed by atoms with Crippen molar-refractivity contribution in [1.82, 2.24) is 29.7 Å². The third kappa shape index (κ3) is 6.51. The van der Waals surface area contributed by atoms with E-state index in [1.165, 1.54) is 0 Å². The van der Waals surface area contributed by atoms with E-state index in [1.807, 2.05) is 42.8 Å². The van der Waals surface area contributed by atoms with Crippen LogP contribution in [-0.2, 0) is 9.47 Å². The summed E-state index contributed by atoms with van der Waals surface area (Å²) in [6.45, 7) is 10.3. The quantitative estimate of drug-likeness (QED) is 0.162. The maximum atomic E-state index is 13.0. The van der Waals surface area contributed by atoms with Gasteiger partial charge in [-0.15, -0.1) is 0 Å². The number of nitrogens with one attached hydrogen (secondary N) is 2. The summed E-state index contributed by atoms with van der Waals surface area (Å²) in [5, 5.41) is 2.17. The minimum Gasteiger partial charge on any atom is -0.449 e. The molecule has 5 atom stereocenters. The molecule has 2 N–H and O–H groups in total. The maximum absolute atomic E-state index is 13.0. The molecule has 10 nitrogen and oxygen atoms in total. The van der Waals surface area contributed by atoms with Crippen LogP contribution in [0.15, 0.2) is 48.8 Å². The van der Waals surface area contributed by atoms with Gasteiger partial charge in [-0.1, -0.05) is 37.5 Å². The third-order valence-corrected chi connectivity index (χ3v) is 9.63. The summed E-state index contributed by atoms with van der Waals surface area (Å²) in [4.78, 5) is 45.6. The van der Waals surface area contributed by atoms with Gasteiger partial charge in [-0.25, -0.2) is 19.6 Å². The van der Waals surface area contributed by atoms with Crippen molar-refractivity contribution in [2.24, 2.45) is 5.92 Å². The Morgan fingerprint density at radius 2 is 1.69 bits per heavy atom. The van der Waals surface area contributed by atoms with Crippen LogP contribution in [-0.4, -0.2) is 66.2 Å². The van der Waals surface area contributed by atoms with Crippen LogP contribution in [0.4, 0.5) is 9.59 Å². The molecule has 2 aromatic heterocycles. The van der Waals surface area contributed by atoms with Crippen LogP contribution in [0.3, 0.4) is 0 Å². The fourth-order valence-electron chi connectivity index (χ4n) is 7.07. The van der Waals surface area contributed by atoms with Crippen LogP contribution < -0.4 is 0 Å². The van der Waals surface area contributed by atoms with E-state index in [4.69, 9.17) is 9.47 Å². The SMILES string of the molecule is CCCCOC(=O)N1C(c2ncc(C#Cc3ccc4cc(-c5cnc([C@@H]6CC[C@H](C)N6C(=O)OC(C)(C)C)[nH]5)ccc4c3)[nH]2)CC2CC21. The lowest BCUT2D eigenvalue weighted by atomic mass is 10.0. The molecule has 4 aromatic rings. The Hall–Kier alpha value is -4.78. The highest BCUT2D eigenvalue weighted by Gasteiger charge is 2.55. The first-order valence-corrected chi connectivity index (χ1v) is 17.2. The molecule has 7 rings (SSSR count). The number of nitrogens with zero attached hydrogens (tertiary/aromatic N) is 4. The zero-order valence-electron chi connectivity index (χ0n) is 28.4. The fourth-order valence-corrected chi connectivity index (χ4v) is 7.07. The van der Waals surface area contributed by atoms with Crippen LogP contribution in [0.1, 0.15) is 108 Å². The molecule has 4 heterocycles. The van der Waals surface area contributed by atoms with Crippen molar-refractivity contribution >= 4 is 23.0 Å². The normalized spacial score (nSPS) is 23.1. The van der Waals surface area contributed by atoms with Crippen molar-refractivity contribution in [2.75, 3.05) is 6.61 Å². The van der Waals surface area contributed by atoms with Crippen molar-refractivity contribution in [3.8, 4) is 23.1 Å². The van der Waals surface area contributed by atoms with Crippen LogP contribution in [0.5, 0.6) is 0 Å². The summed E-state index contributed by atoms with van der Waals surface area (Å²) in [5.41, 5.74) is 2.99. The molecule has 2 aromatic carbocycles. The van der Waals surface area contributed by atoms with E-state index in [1.54, 1.807) is 6.20 Å². The molecule has 250 valence electrons. The van der Waals surface area contributed by atoms with Crippen LogP contribution in [0.2, 0.25) is 0 Å². The highest BCUT2D eigenvalue weighted by molar-refractivity contribution is 5.88. The van der Waals surface area contributed by atoms with Crippen molar-refractivity contribution in [3.63, 3.8) is 0 Å². The number of piperidine rings is 1. The van der Waals surface area contributed by atoms with Gasteiger partial charge >= 0.3 is 12.2 Å². The zero-order chi connectivity index (χ0) is 33.6. The van der Waals surface area contributed by atoms with E-state index in [0.717, 1.165) is 83.5 Å². The van der Waals surface area contributed by atoms with E-state index >= 15 is 0 Å². The van der Waals surface area contributed by atoms with Crippen molar-refractivity contribution in [1.29, 1.82) is 0 Å². The number of aromatic nitrogens is 4. The predicted octanol–water partition coefficient (Wildman–Crippen LogP) is 7.89. The van der Waals surface area contributed by atoms with Gasteiger partial charge in [0.25, 0.3) is 0 Å². The second-order valence-corrected chi connectivity index (χ2v) is 14.4. The van der Waals surface area contributed by atoms with Crippen molar-refractivity contribution < 1.29 is 19.1 Å². The first-order chi connectivity index (χ1) is 23.1. The number of ether oxygens (including phenoxy) is 2. The lowest BCUT2D eigenvalue weighted by Crippen LogP contribution is -2.40. The molecule has 2 amide bonds. The fraction of sp³-hybridized carbons (Fsp3) is 0.474. The number of H-pyrrole nitrogens is 2. The molecule has 3 fully saturated rings. The van der Waals surface area contributed by atoms with Gasteiger partial charge in [0.2, 0.25) is 0 Å². The summed E-state index contributed by atoms with van der Waals surface area (Å²) in [6, 6.07) is 12.6. The first-order valence-electron chi connectivity index (χ1n) is 17.2. The maximum Gasteiger partial charge on any atom is 0.411 e. The van der Waals surface area contributed by atoms with Crippen LogP contribution in [0, 0.1) is 17.8 Å². The number of amides is 2. The smallest absolute Gasteiger partial charge is 0.411 e. The number of unbranched alkanes of at least 4 members (excludes halogenated alkanes) is 1. The standard InChI is InChI=1S/C38H44N6O4/c1-6-7-16-47-36(45)44-32-19-28(32)20-33(44)35-39-21-29(41-35)14-10-24-9-11-26-18-27(13-12-25(26)17-24)30-22-40-34(42-30)31-15-8-23(2)43(31)37(46)48-38(3,4)5/h9,11-13,17-18,21-23,28,31-33H,6-8,15-16,19-20H2,1-5H3,(H,39,41)(H,40,42)/t23-,28?,31-,32?,33?/m0/s1. The van der Waals surface area contributed by atoms with Crippen LogP contribution in [0.25, 0.3) is 22.0 Å². The molecule has 0 spiro atoms. The van der Waals surface area contributed by atoms with E-state index < -0.39 is 5.60 Å². The Labute approximate surface area is 281 Å². The van der Waals surface area contributed by atoms with E-state index in [2.05, 4.69) is 76.0 Å². The van der Waals surface area contributed by atoms with Gasteiger partial charge in [-0.2, -0.15) is 0 Å². The average Bonchev–Trinajstić information content (AvgIpc) is 3.53. The number of carbonyl (C=O) groups excluding carboxylic acids is 2. The topological polar surface area (TPSA) is 116 Å². The van der Waals surface area contributed by atoms with Crippen molar-refractivity contribution in [3.05, 3.63) is 71.7 Å².